The van der Waals surface area contributed by atoms with E-state index >= 15 is 0 Å². The lowest BCUT2D eigenvalue weighted by Crippen LogP contribution is -2.30. The van der Waals surface area contributed by atoms with Gasteiger partial charge in [0, 0.05) is 19.3 Å². The Kier molecular flexibility index (Phi) is 51.3. The third kappa shape index (κ3) is 50.6. The van der Waals surface area contributed by atoms with E-state index in [2.05, 4.69) is 57.2 Å². The molecule has 0 radical (unpaired) electrons. The second kappa shape index (κ2) is 53.2. The Labute approximate surface area is 397 Å². The van der Waals surface area contributed by atoms with Crippen LogP contribution in [-0.4, -0.2) is 37.2 Å². The van der Waals surface area contributed by atoms with Crippen LogP contribution in [0.4, 0.5) is 0 Å². The molecule has 0 aliphatic rings. The summed E-state index contributed by atoms with van der Waals surface area (Å²) in [6.07, 6.45) is 62.8. The highest BCUT2D eigenvalue weighted by molar-refractivity contribution is 5.71. The summed E-state index contributed by atoms with van der Waals surface area (Å²) in [6.45, 7) is 6.62. The first-order valence-electron chi connectivity index (χ1n) is 28.0. The zero-order valence-electron chi connectivity index (χ0n) is 42.8. The van der Waals surface area contributed by atoms with Crippen molar-refractivity contribution in [3.05, 3.63) is 36.5 Å². The van der Waals surface area contributed by atoms with Crippen molar-refractivity contribution in [3.63, 3.8) is 0 Å². The molecule has 0 N–H and O–H groups in total. The van der Waals surface area contributed by atoms with E-state index in [0.717, 1.165) is 70.6 Å². The molecule has 0 amide bonds. The molecule has 0 aromatic rings. The summed E-state index contributed by atoms with van der Waals surface area (Å²) in [5.41, 5.74) is 0. The van der Waals surface area contributed by atoms with E-state index in [-0.39, 0.29) is 31.1 Å². The summed E-state index contributed by atoms with van der Waals surface area (Å²) < 4.78 is 16.8. The summed E-state index contributed by atoms with van der Waals surface area (Å²) in [5, 5.41) is 0. The highest BCUT2D eigenvalue weighted by Gasteiger charge is 2.19. The van der Waals surface area contributed by atoms with Gasteiger partial charge in [-0.1, -0.05) is 237 Å². The third-order valence-corrected chi connectivity index (χ3v) is 12.4. The van der Waals surface area contributed by atoms with E-state index in [1.54, 1.807) is 0 Å². The summed E-state index contributed by atoms with van der Waals surface area (Å²) in [7, 11) is 0. The van der Waals surface area contributed by atoms with E-state index in [1.165, 1.54) is 186 Å². The molecule has 0 aromatic carbocycles. The van der Waals surface area contributed by atoms with Crippen LogP contribution in [-0.2, 0) is 28.6 Å². The standard InChI is InChI=1S/C58H106O6/c1-4-7-10-13-16-19-21-23-25-27-28-29-30-31-33-34-36-39-42-45-48-51-57(60)63-54-55(53-62-56(59)50-47-44-41-38-18-15-12-9-6-3)64-58(61)52-49-46-43-40-37-35-32-26-24-22-20-17-14-11-8-5-2/h21,23,26-28,32,55H,4-20,22,24-25,29-31,33-54H2,1-3H3/b23-21-,28-27-,32-26-. The van der Waals surface area contributed by atoms with Gasteiger partial charge >= 0.3 is 17.9 Å². The van der Waals surface area contributed by atoms with Gasteiger partial charge in [0.25, 0.3) is 0 Å². The van der Waals surface area contributed by atoms with Gasteiger partial charge in [-0.3, -0.25) is 14.4 Å². The molecule has 6 heteroatoms. The van der Waals surface area contributed by atoms with E-state index in [0.29, 0.717) is 19.3 Å². The largest absolute Gasteiger partial charge is 0.462 e. The minimum absolute atomic E-state index is 0.0740. The molecule has 0 rings (SSSR count). The number of unbranched alkanes of at least 4 members (excludes halogenated alkanes) is 34. The van der Waals surface area contributed by atoms with Crippen LogP contribution in [0, 0.1) is 0 Å². The first-order chi connectivity index (χ1) is 31.5. The molecule has 1 atom stereocenters. The second-order valence-electron chi connectivity index (χ2n) is 18.8. The van der Waals surface area contributed by atoms with Crippen LogP contribution < -0.4 is 0 Å². The Morgan fingerprint density at radius 2 is 0.562 bits per heavy atom. The normalized spacial score (nSPS) is 12.2. The van der Waals surface area contributed by atoms with Crippen molar-refractivity contribution in [2.45, 2.75) is 303 Å². The molecular formula is C58H106O6. The van der Waals surface area contributed by atoms with Crippen molar-refractivity contribution in [2.24, 2.45) is 0 Å². The monoisotopic (exact) mass is 899 g/mol. The molecule has 374 valence electrons. The van der Waals surface area contributed by atoms with Crippen molar-refractivity contribution in [2.75, 3.05) is 13.2 Å². The van der Waals surface area contributed by atoms with Crippen molar-refractivity contribution < 1.29 is 28.6 Å². The fourth-order valence-electron chi connectivity index (χ4n) is 8.12. The van der Waals surface area contributed by atoms with E-state index < -0.39 is 6.10 Å². The predicted octanol–water partition coefficient (Wildman–Crippen LogP) is 18.5. The second-order valence-corrected chi connectivity index (χ2v) is 18.8. The lowest BCUT2D eigenvalue weighted by Gasteiger charge is -2.18. The van der Waals surface area contributed by atoms with Gasteiger partial charge in [0.2, 0.25) is 0 Å². The Morgan fingerprint density at radius 1 is 0.312 bits per heavy atom. The predicted molar refractivity (Wildman–Crippen MR) is 275 cm³/mol. The van der Waals surface area contributed by atoms with Gasteiger partial charge in [0.15, 0.2) is 6.10 Å². The average Bonchev–Trinajstić information content (AvgIpc) is 3.29. The molecule has 0 spiro atoms. The summed E-state index contributed by atoms with van der Waals surface area (Å²) in [5.74, 6) is -0.877. The van der Waals surface area contributed by atoms with Gasteiger partial charge in [-0.25, -0.2) is 0 Å². The zero-order valence-corrected chi connectivity index (χ0v) is 42.8. The van der Waals surface area contributed by atoms with Gasteiger partial charge in [0.1, 0.15) is 13.2 Å². The van der Waals surface area contributed by atoms with Gasteiger partial charge in [0.05, 0.1) is 0 Å². The maximum Gasteiger partial charge on any atom is 0.306 e. The Bertz CT molecular complexity index is 1080. The van der Waals surface area contributed by atoms with Gasteiger partial charge < -0.3 is 14.2 Å². The molecule has 0 fully saturated rings. The van der Waals surface area contributed by atoms with Crippen molar-refractivity contribution in [1.82, 2.24) is 0 Å². The Morgan fingerprint density at radius 3 is 0.875 bits per heavy atom. The number of carbonyl (C=O) groups is 3. The third-order valence-electron chi connectivity index (χ3n) is 12.4. The summed E-state index contributed by atoms with van der Waals surface area (Å²) in [6, 6.07) is 0. The number of carbonyl (C=O) groups excluding carboxylic acids is 3. The van der Waals surface area contributed by atoms with E-state index in [4.69, 9.17) is 14.2 Å². The summed E-state index contributed by atoms with van der Waals surface area (Å²) in [4.78, 5) is 38.0. The van der Waals surface area contributed by atoms with Crippen molar-refractivity contribution >= 4 is 17.9 Å². The molecule has 6 nitrogen and oxygen atoms in total. The molecule has 0 bridgehead atoms. The first kappa shape index (κ1) is 61.6. The smallest absolute Gasteiger partial charge is 0.306 e. The molecule has 0 saturated carbocycles. The molecule has 0 heterocycles. The van der Waals surface area contributed by atoms with Crippen molar-refractivity contribution in [3.8, 4) is 0 Å². The number of hydrogen-bond donors (Lipinski definition) is 0. The van der Waals surface area contributed by atoms with Crippen LogP contribution in [0.5, 0.6) is 0 Å². The number of allylic oxidation sites excluding steroid dienone is 6. The molecule has 0 aromatic heterocycles. The number of esters is 3. The summed E-state index contributed by atoms with van der Waals surface area (Å²) >= 11 is 0. The maximum absolute atomic E-state index is 12.8. The Hall–Kier alpha value is -2.37. The van der Waals surface area contributed by atoms with Crippen LogP contribution in [0.3, 0.4) is 0 Å². The molecule has 1 unspecified atom stereocenters. The van der Waals surface area contributed by atoms with Gasteiger partial charge in [-0.2, -0.15) is 0 Å². The highest BCUT2D eigenvalue weighted by atomic mass is 16.6. The van der Waals surface area contributed by atoms with Crippen LogP contribution >= 0.6 is 0 Å². The van der Waals surface area contributed by atoms with Crippen LogP contribution in [0.1, 0.15) is 297 Å². The minimum atomic E-state index is -0.774. The van der Waals surface area contributed by atoms with E-state index in [1.807, 2.05) is 0 Å². The molecule has 0 aliphatic carbocycles. The molecule has 0 aliphatic heterocycles. The molecule has 64 heavy (non-hydrogen) atoms. The fraction of sp³-hybridized carbons (Fsp3) is 0.845. The topological polar surface area (TPSA) is 78.9 Å². The fourth-order valence-corrected chi connectivity index (χ4v) is 8.12. The zero-order chi connectivity index (χ0) is 46.5. The molecule has 0 saturated heterocycles. The van der Waals surface area contributed by atoms with Crippen LogP contribution in [0.2, 0.25) is 0 Å². The minimum Gasteiger partial charge on any atom is -0.462 e. The first-order valence-corrected chi connectivity index (χ1v) is 28.0. The molecular weight excluding hydrogens is 793 g/mol. The van der Waals surface area contributed by atoms with Crippen LogP contribution in [0.15, 0.2) is 36.5 Å². The van der Waals surface area contributed by atoms with Crippen molar-refractivity contribution in [1.29, 1.82) is 0 Å². The number of ether oxygens (including phenoxy) is 3. The van der Waals surface area contributed by atoms with Crippen LogP contribution in [0.25, 0.3) is 0 Å². The van der Waals surface area contributed by atoms with E-state index in [9.17, 15) is 14.4 Å². The quantitative estimate of drug-likeness (QED) is 0.0262. The Balaban J connectivity index is 4.26. The number of hydrogen-bond acceptors (Lipinski definition) is 6. The lowest BCUT2D eigenvalue weighted by atomic mass is 10.1. The number of rotatable bonds is 51. The average molecular weight is 899 g/mol. The highest BCUT2D eigenvalue weighted by Crippen LogP contribution is 2.15. The lowest BCUT2D eigenvalue weighted by molar-refractivity contribution is -0.167. The van der Waals surface area contributed by atoms with Gasteiger partial charge in [-0.05, 0) is 77.0 Å². The SMILES string of the molecule is CCCCCCC/C=C\C/C=C\CCCCCCCCCCCC(=O)OCC(COC(=O)CCCCCCCCCCC)OC(=O)CCCCCCC/C=C\CCCCCCCCC. The van der Waals surface area contributed by atoms with Gasteiger partial charge in [-0.15, -0.1) is 0 Å². The maximum atomic E-state index is 12.8.